The number of carboxylic acid groups (broad SMARTS) is 1. The second kappa shape index (κ2) is 5.60. The third-order valence-corrected chi connectivity index (χ3v) is 4.65. The smallest absolute Gasteiger partial charge is 0.320 e. The number of nitrogens with zero attached hydrogens (tertiary/aromatic N) is 2. The van der Waals surface area contributed by atoms with E-state index in [0.29, 0.717) is 38.9 Å². The van der Waals surface area contributed by atoms with Crippen molar-refractivity contribution in [3.05, 3.63) is 0 Å². The van der Waals surface area contributed by atoms with Gasteiger partial charge in [0.05, 0.1) is 11.5 Å². The van der Waals surface area contributed by atoms with E-state index >= 15 is 0 Å². The minimum absolute atomic E-state index is 0.0843. The summed E-state index contributed by atoms with van der Waals surface area (Å²) in [7, 11) is 0. The normalized spacial score (nSPS) is 35.0. The van der Waals surface area contributed by atoms with Gasteiger partial charge < -0.3 is 20.0 Å². The van der Waals surface area contributed by atoms with E-state index < -0.39 is 17.5 Å². The molecule has 3 atom stereocenters. The average Bonchev–Trinajstić information content (AvgIpc) is 2.64. The number of aliphatic carboxylic acids is 1. The lowest BCUT2D eigenvalue weighted by Crippen LogP contribution is -2.46. The van der Waals surface area contributed by atoms with Crippen LogP contribution in [-0.4, -0.2) is 63.3 Å². The quantitative estimate of drug-likeness (QED) is 0.756. The molecule has 3 unspecified atom stereocenters. The highest BCUT2D eigenvalue weighted by molar-refractivity contribution is 5.78. The van der Waals surface area contributed by atoms with Crippen LogP contribution in [0.4, 0.5) is 4.79 Å². The van der Waals surface area contributed by atoms with E-state index in [4.69, 9.17) is 5.11 Å². The van der Waals surface area contributed by atoms with Crippen LogP contribution < -0.4 is 0 Å². The molecule has 6 heteroatoms. The lowest BCUT2D eigenvalue weighted by Gasteiger charge is -2.30. The van der Waals surface area contributed by atoms with Gasteiger partial charge in [-0.3, -0.25) is 4.79 Å². The van der Waals surface area contributed by atoms with Crippen molar-refractivity contribution in [1.82, 2.24) is 9.80 Å². The molecule has 0 aliphatic carbocycles. The van der Waals surface area contributed by atoms with Crippen LogP contribution in [0.3, 0.4) is 0 Å². The molecule has 20 heavy (non-hydrogen) atoms. The van der Waals surface area contributed by atoms with Crippen molar-refractivity contribution in [2.75, 3.05) is 19.6 Å². The third kappa shape index (κ3) is 3.06. The van der Waals surface area contributed by atoms with Gasteiger partial charge in [-0.15, -0.1) is 0 Å². The number of aliphatic hydroxyl groups is 1. The Labute approximate surface area is 119 Å². The maximum absolute atomic E-state index is 12.5. The van der Waals surface area contributed by atoms with Crippen LogP contribution in [0, 0.1) is 5.92 Å². The number of carbonyl (C=O) groups is 2. The maximum atomic E-state index is 12.5. The molecule has 0 bridgehead atoms. The highest BCUT2D eigenvalue weighted by Crippen LogP contribution is 2.27. The van der Waals surface area contributed by atoms with Gasteiger partial charge >= 0.3 is 12.0 Å². The van der Waals surface area contributed by atoms with Crippen LogP contribution in [0.25, 0.3) is 0 Å². The summed E-state index contributed by atoms with van der Waals surface area (Å²) in [6.07, 6.45) is 2.57. The Hall–Kier alpha value is -1.30. The first-order valence-corrected chi connectivity index (χ1v) is 7.32. The van der Waals surface area contributed by atoms with E-state index in [2.05, 4.69) is 0 Å². The minimum atomic E-state index is -0.827. The third-order valence-electron chi connectivity index (χ3n) is 4.65. The zero-order valence-electron chi connectivity index (χ0n) is 12.2. The molecule has 6 nitrogen and oxygen atoms in total. The fourth-order valence-electron chi connectivity index (χ4n) is 3.18. The molecular formula is C14H24N2O4. The molecule has 2 rings (SSSR count). The fourth-order valence-corrected chi connectivity index (χ4v) is 3.18. The fraction of sp³-hybridized carbons (Fsp3) is 0.857. The van der Waals surface area contributed by atoms with Gasteiger partial charge in [0.1, 0.15) is 0 Å². The van der Waals surface area contributed by atoms with Gasteiger partial charge in [0.25, 0.3) is 0 Å². The van der Waals surface area contributed by atoms with E-state index in [-0.39, 0.29) is 12.1 Å². The molecule has 0 saturated carbocycles. The van der Waals surface area contributed by atoms with E-state index in [9.17, 15) is 14.7 Å². The molecule has 0 radical (unpaired) electrons. The number of amides is 2. The first kappa shape index (κ1) is 15.1. The number of hydrogen-bond acceptors (Lipinski definition) is 3. The summed E-state index contributed by atoms with van der Waals surface area (Å²) in [5, 5.41) is 19.2. The Bertz CT molecular complexity index is 397. The van der Waals surface area contributed by atoms with Gasteiger partial charge in [-0.25, -0.2) is 4.79 Å². The van der Waals surface area contributed by atoms with Crippen LogP contribution in [-0.2, 0) is 4.79 Å². The molecule has 2 heterocycles. The standard InChI is InChI=1S/C14H24N2O4/c1-10-11(12(17)18)4-8-16(10)13(19)15-7-3-5-14(2,20)6-9-15/h10-11,20H,3-9H2,1-2H3,(H,17,18). The molecular weight excluding hydrogens is 260 g/mol. The average molecular weight is 284 g/mol. The van der Waals surface area contributed by atoms with Crippen molar-refractivity contribution in [3.63, 3.8) is 0 Å². The maximum Gasteiger partial charge on any atom is 0.320 e. The Kier molecular flexibility index (Phi) is 4.22. The van der Waals surface area contributed by atoms with Crippen molar-refractivity contribution in [2.45, 2.75) is 51.2 Å². The van der Waals surface area contributed by atoms with E-state index in [1.54, 1.807) is 23.6 Å². The summed E-state index contributed by atoms with van der Waals surface area (Å²) in [6, 6.07) is -0.345. The summed E-state index contributed by atoms with van der Waals surface area (Å²) in [6.45, 7) is 5.28. The van der Waals surface area contributed by atoms with Crippen molar-refractivity contribution < 1.29 is 19.8 Å². The van der Waals surface area contributed by atoms with Crippen molar-refractivity contribution in [1.29, 1.82) is 0 Å². The van der Waals surface area contributed by atoms with Crippen LogP contribution in [0.5, 0.6) is 0 Å². The molecule has 2 aliphatic heterocycles. The molecule has 0 aromatic heterocycles. The van der Waals surface area contributed by atoms with Gasteiger partial charge in [0.15, 0.2) is 0 Å². The highest BCUT2D eigenvalue weighted by Gasteiger charge is 2.40. The first-order valence-electron chi connectivity index (χ1n) is 7.32. The van der Waals surface area contributed by atoms with Crippen molar-refractivity contribution in [2.24, 2.45) is 5.92 Å². The zero-order chi connectivity index (χ0) is 14.9. The SMILES string of the molecule is CC1C(C(=O)O)CCN1C(=O)N1CCCC(C)(O)CC1. The Morgan fingerprint density at radius 3 is 2.50 bits per heavy atom. The second-order valence-corrected chi connectivity index (χ2v) is 6.29. The number of rotatable bonds is 1. The lowest BCUT2D eigenvalue weighted by molar-refractivity contribution is -0.142. The van der Waals surface area contributed by atoms with Crippen LogP contribution in [0.1, 0.15) is 39.5 Å². The number of hydrogen-bond donors (Lipinski definition) is 2. The summed E-state index contributed by atoms with van der Waals surface area (Å²) in [5.74, 6) is -1.29. The summed E-state index contributed by atoms with van der Waals surface area (Å²) >= 11 is 0. The molecule has 114 valence electrons. The molecule has 2 saturated heterocycles. The van der Waals surface area contributed by atoms with Crippen LogP contribution >= 0.6 is 0 Å². The molecule has 2 N–H and O–H groups in total. The topological polar surface area (TPSA) is 81.1 Å². The van der Waals surface area contributed by atoms with Crippen LogP contribution in [0.15, 0.2) is 0 Å². The van der Waals surface area contributed by atoms with Gasteiger partial charge in [0.2, 0.25) is 0 Å². The summed E-state index contributed by atoms with van der Waals surface area (Å²) in [5.41, 5.74) is -0.699. The molecule has 0 spiro atoms. The Balaban J connectivity index is 1.99. The first-order chi connectivity index (χ1) is 9.32. The predicted molar refractivity (Wildman–Crippen MR) is 73.4 cm³/mol. The minimum Gasteiger partial charge on any atom is -0.481 e. The zero-order valence-corrected chi connectivity index (χ0v) is 12.2. The number of urea groups is 1. The van der Waals surface area contributed by atoms with Crippen molar-refractivity contribution in [3.8, 4) is 0 Å². The highest BCUT2D eigenvalue weighted by atomic mass is 16.4. The Morgan fingerprint density at radius 1 is 1.20 bits per heavy atom. The van der Waals surface area contributed by atoms with E-state index in [0.717, 1.165) is 6.42 Å². The number of likely N-dealkylation sites (tertiary alicyclic amines) is 2. The number of carbonyl (C=O) groups excluding carboxylic acids is 1. The van der Waals surface area contributed by atoms with E-state index in [1.165, 1.54) is 0 Å². The summed E-state index contributed by atoms with van der Waals surface area (Å²) in [4.78, 5) is 27.0. The molecule has 0 aromatic rings. The second-order valence-electron chi connectivity index (χ2n) is 6.29. The van der Waals surface area contributed by atoms with Gasteiger partial charge in [-0.05, 0) is 39.5 Å². The molecule has 2 aliphatic rings. The summed E-state index contributed by atoms with van der Waals surface area (Å²) < 4.78 is 0. The van der Waals surface area contributed by atoms with Gasteiger partial charge in [0, 0.05) is 25.7 Å². The van der Waals surface area contributed by atoms with Crippen molar-refractivity contribution >= 4 is 12.0 Å². The molecule has 0 aromatic carbocycles. The number of carboxylic acids is 1. The predicted octanol–water partition coefficient (Wildman–Crippen LogP) is 1.14. The Morgan fingerprint density at radius 2 is 1.90 bits per heavy atom. The largest absolute Gasteiger partial charge is 0.481 e. The van der Waals surface area contributed by atoms with Crippen LogP contribution in [0.2, 0.25) is 0 Å². The van der Waals surface area contributed by atoms with Gasteiger partial charge in [-0.1, -0.05) is 0 Å². The van der Waals surface area contributed by atoms with Gasteiger partial charge in [-0.2, -0.15) is 0 Å². The lowest BCUT2D eigenvalue weighted by atomic mass is 9.98. The molecule has 2 amide bonds. The van der Waals surface area contributed by atoms with E-state index in [1.807, 2.05) is 0 Å². The monoisotopic (exact) mass is 284 g/mol. The molecule has 2 fully saturated rings.